The van der Waals surface area contributed by atoms with Crippen LogP contribution < -0.4 is 5.32 Å². The lowest BCUT2D eigenvalue weighted by Crippen LogP contribution is -2.22. The number of benzene rings is 2. The maximum atomic E-state index is 13.4. The first-order valence-corrected chi connectivity index (χ1v) is 6.87. The largest absolute Gasteiger partial charge is 0.452 e. The number of nitrogens with one attached hydrogen (secondary N) is 1. The SMILES string of the molecule is O=C(COC(=O)c1ccc(C(F)(F)F)cc1)Nc1ccc(F)c(F)c1F. The van der Waals surface area contributed by atoms with Crippen LogP contribution in [0.1, 0.15) is 15.9 Å². The Kier molecular flexibility index (Phi) is 5.53. The number of hydrogen-bond donors (Lipinski definition) is 1. The molecule has 4 nitrogen and oxygen atoms in total. The smallest absolute Gasteiger partial charge is 0.416 e. The van der Waals surface area contributed by atoms with Gasteiger partial charge in [-0.3, -0.25) is 4.79 Å². The molecular formula is C16H9F6NO3. The van der Waals surface area contributed by atoms with Crippen LogP contribution in [0.15, 0.2) is 36.4 Å². The first-order valence-electron chi connectivity index (χ1n) is 6.87. The molecule has 2 aromatic rings. The summed E-state index contributed by atoms with van der Waals surface area (Å²) in [4.78, 5) is 23.2. The summed E-state index contributed by atoms with van der Waals surface area (Å²) in [6.07, 6.45) is -4.57. The lowest BCUT2D eigenvalue weighted by molar-refractivity contribution is -0.137. The van der Waals surface area contributed by atoms with Crippen molar-refractivity contribution in [3.63, 3.8) is 0 Å². The molecule has 26 heavy (non-hydrogen) atoms. The van der Waals surface area contributed by atoms with Crippen LogP contribution in [0.5, 0.6) is 0 Å². The Bertz CT molecular complexity index is 833. The fourth-order valence-corrected chi connectivity index (χ4v) is 1.82. The Morgan fingerprint density at radius 2 is 1.54 bits per heavy atom. The van der Waals surface area contributed by atoms with Gasteiger partial charge >= 0.3 is 12.1 Å². The quantitative estimate of drug-likeness (QED) is 0.499. The molecule has 0 spiro atoms. The monoisotopic (exact) mass is 377 g/mol. The highest BCUT2D eigenvalue weighted by atomic mass is 19.4. The second-order valence-corrected chi connectivity index (χ2v) is 4.92. The number of hydrogen-bond acceptors (Lipinski definition) is 3. The zero-order valence-electron chi connectivity index (χ0n) is 12.7. The van der Waals surface area contributed by atoms with E-state index in [0.717, 1.165) is 18.2 Å². The zero-order chi connectivity index (χ0) is 19.5. The highest BCUT2D eigenvalue weighted by Crippen LogP contribution is 2.29. The number of rotatable bonds is 4. The van der Waals surface area contributed by atoms with Gasteiger partial charge in [0.15, 0.2) is 24.1 Å². The van der Waals surface area contributed by atoms with Gasteiger partial charge in [-0.15, -0.1) is 0 Å². The molecule has 0 atom stereocenters. The van der Waals surface area contributed by atoms with Gasteiger partial charge in [-0.2, -0.15) is 13.2 Å². The van der Waals surface area contributed by atoms with Gasteiger partial charge in [0, 0.05) is 0 Å². The summed E-state index contributed by atoms with van der Waals surface area (Å²) in [5.74, 6) is -7.03. The minimum Gasteiger partial charge on any atom is -0.452 e. The third-order valence-electron chi connectivity index (χ3n) is 3.09. The Morgan fingerprint density at radius 1 is 0.923 bits per heavy atom. The molecule has 0 aliphatic rings. The van der Waals surface area contributed by atoms with E-state index in [2.05, 4.69) is 4.74 Å². The summed E-state index contributed by atoms with van der Waals surface area (Å²) in [6, 6.07) is 4.39. The maximum Gasteiger partial charge on any atom is 0.416 e. The van der Waals surface area contributed by atoms with Crippen molar-refractivity contribution in [2.45, 2.75) is 6.18 Å². The molecule has 0 radical (unpaired) electrons. The van der Waals surface area contributed by atoms with Crippen molar-refractivity contribution in [1.29, 1.82) is 0 Å². The molecule has 0 saturated carbocycles. The van der Waals surface area contributed by atoms with Crippen molar-refractivity contribution < 1.29 is 40.7 Å². The molecule has 0 aliphatic carbocycles. The predicted molar refractivity (Wildman–Crippen MR) is 76.7 cm³/mol. The van der Waals surface area contributed by atoms with E-state index in [1.807, 2.05) is 5.32 Å². The molecular weight excluding hydrogens is 368 g/mol. The van der Waals surface area contributed by atoms with Gasteiger partial charge < -0.3 is 10.1 Å². The summed E-state index contributed by atoms with van der Waals surface area (Å²) in [5.41, 5.74) is -1.88. The molecule has 0 fully saturated rings. The number of carbonyl (C=O) groups is 2. The number of carbonyl (C=O) groups excluding carboxylic acids is 2. The Hall–Kier alpha value is -3.04. The van der Waals surface area contributed by atoms with E-state index in [4.69, 9.17) is 0 Å². The number of ether oxygens (including phenoxy) is 1. The molecule has 0 unspecified atom stereocenters. The maximum absolute atomic E-state index is 13.4. The van der Waals surface area contributed by atoms with Crippen molar-refractivity contribution >= 4 is 17.6 Å². The van der Waals surface area contributed by atoms with E-state index < -0.39 is 53.4 Å². The van der Waals surface area contributed by atoms with Crippen molar-refractivity contribution in [2.75, 3.05) is 11.9 Å². The van der Waals surface area contributed by atoms with Crippen molar-refractivity contribution in [3.05, 3.63) is 65.0 Å². The number of anilines is 1. The fourth-order valence-electron chi connectivity index (χ4n) is 1.82. The molecule has 0 saturated heterocycles. The van der Waals surface area contributed by atoms with Crippen LogP contribution in [0.25, 0.3) is 0 Å². The van der Waals surface area contributed by atoms with Crippen LogP contribution in [-0.4, -0.2) is 18.5 Å². The summed E-state index contributed by atoms with van der Waals surface area (Å²) >= 11 is 0. The fraction of sp³-hybridized carbons (Fsp3) is 0.125. The third kappa shape index (κ3) is 4.52. The number of alkyl halides is 3. The molecule has 1 amide bonds. The first-order chi connectivity index (χ1) is 12.1. The predicted octanol–water partition coefficient (Wildman–Crippen LogP) is 3.92. The van der Waals surface area contributed by atoms with Gasteiger partial charge in [-0.25, -0.2) is 18.0 Å². The highest BCUT2D eigenvalue weighted by molar-refractivity contribution is 5.95. The second kappa shape index (κ2) is 7.46. The van der Waals surface area contributed by atoms with E-state index in [1.165, 1.54) is 0 Å². The average Bonchev–Trinajstić information content (AvgIpc) is 2.59. The lowest BCUT2D eigenvalue weighted by atomic mass is 10.1. The molecule has 2 rings (SSSR count). The molecule has 0 bridgehead atoms. The zero-order valence-corrected chi connectivity index (χ0v) is 12.7. The second-order valence-electron chi connectivity index (χ2n) is 4.92. The molecule has 2 aromatic carbocycles. The summed E-state index contributed by atoms with van der Waals surface area (Å²) in [7, 11) is 0. The van der Waals surface area contributed by atoms with E-state index in [-0.39, 0.29) is 5.56 Å². The topological polar surface area (TPSA) is 55.4 Å². The molecule has 10 heteroatoms. The first kappa shape index (κ1) is 19.3. The van der Waals surface area contributed by atoms with E-state index in [9.17, 15) is 35.9 Å². The minimum atomic E-state index is -4.57. The van der Waals surface area contributed by atoms with Crippen molar-refractivity contribution in [2.24, 2.45) is 0 Å². The molecule has 138 valence electrons. The highest BCUT2D eigenvalue weighted by Gasteiger charge is 2.30. The summed E-state index contributed by atoms with van der Waals surface area (Å²) in [5, 5.41) is 1.87. The molecule has 0 heterocycles. The lowest BCUT2D eigenvalue weighted by Gasteiger charge is -2.09. The van der Waals surface area contributed by atoms with Gasteiger partial charge in [0.1, 0.15) is 0 Å². The van der Waals surface area contributed by atoms with Crippen LogP contribution in [0.2, 0.25) is 0 Å². The van der Waals surface area contributed by atoms with Gasteiger partial charge in [-0.05, 0) is 36.4 Å². The Morgan fingerprint density at radius 3 is 2.12 bits per heavy atom. The van der Waals surface area contributed by atoms with E-state index >= 15 is 0 Å². The normalized spacial score (nSPS) is 11.2. The number of esters is 1. The molecule has 0 aromatic heterocycles. The van der Waals surface area contributed by atoms with Gasteiger partial charge in [0.2, 0.25) is 0 Å². The van der Waals surface area contributed by atoms with Crippen LogP contribution in [0, 0.1) is 17.5 Å². The van der Waals surface area contributed by atoms with Crippen molar-refractivity contribution in [1.82, 2.24) is 0 Å². The average molecular weight is 377 g/mol. The molecule has 1 N–H and O–H groups in total. The van der Waals surface area contributed by atoms with Gasteiger partial charge in [0.05, 0.1) is 16.8 Å². The standard InChI is InChI=1S/C16H9F6NO3/c17-10-5-6-11(14(19)13(10)18)23-12(24)7-26-15(25)8-1-3-9(4-2-8)16(20,21)22/h1-6H,7H2,(H,23,24). The summed E-state index contributed by atoms with van der Waals surface area (Å²) in [6.45, 7) is -0.918. The third-order valence-corrected chi connectivity index (χ3v) is 3.09. The number of amides is 1. The van der Waals surface area contributed by atoms with Gasteiger partial charge in [-0.1, -0.05) is 0 Å². The number of halogens is 6. The van der Waals surface area contributed by atoms with Gasteiger partial charge in [0.25, 0.3) is 5.91 Å². The van der Waals surface area contributed by atoms with Crippen LogP contribution in [0.4, 0.5) is 32.0 Å². The van der Waals surface area contributed by atoms with Crippen molar-refractivity contribution in [3.8, 4) is 0 Å². The minimum absolute atomic E-state index is 0.246. The van der Waals surface area contributed by atoms with E-state index in [0.29, 0.717) is 18.2 Å². The van der Waals surface area contributed by atoms with Crippen LogP contribution >= 0.6 is 0 Å². The summed E-state index contributed by atoms with van der Waals surface area (Å²) < 4.78 is 81.0. The van der Waals surface area contributed by atoms with Crippen LogP contribution in [-0.2, 0) is 15.7 Å². The molecule has 0 aliphatic heterocycles. The van der Waals surface area contributed by atoms with Crippen LogP contribution in [0.3, 0.4) is 0 Å². The Balaban J connectivity index is 1.95. The van der Waals surface area contributed by atoms with E-state index in [1.54, 1.807) is 0 Å². The Labute approximate surface area is 142 Å².